The molecule has 0 bridgehead atoms. The van der Waals surface area contributed by atoms with Gasteiger partial charge in [0.2, 0.25) is 11.8 Å². The molecule has 5 rings (SSSR count). The van der Waals surface area contributed by atoms with Crippen molar-refractivity contribution in [3.63, 3.8) is 0 Å². The largest absolute Gasteiger partial charge is 0.456 e. The van der Waals surface area contributed by atoms with E-state index in [4.69, 9.17) is 8.83 Å². The minimum absolute atomic E-state index is 0.0493. The molecule has 0 aliphatic rings. The molecule has 5 aromatic rings. The second-order valence-electron chi connectivity index (χ2n) is 8.78. The van der Waals surface area contributed by atoms with E-state index < -0.39 is 4.92 Å². The molecule has 8 heteroatoms. The van der Waals surface area contributed by atoms with Crippen LogP contribution in [0.15, 0.2) is 93.8 Å². The van der Waals surface area contributed by atoms with Gasteiger partial charge in [-0.05, 0) is 72.2 Å². The maximum atomic E-state index is 12.4. The number of nitro benzene ring substituents is 1. The molecule has 2 aromatic heterocycles. The first kappa shape index (κ1) is 23.7. The fourth-order valence-electron chi connectivity index (χ4n) is 3.89. The number of aromatic nitrogens is 1. The van der Waals surface area contributed by atoms with E-state index in [1.54, 1.807) is 42.5 Å². The summed E-state index contributed by atoms with van der Waals surface area (Å²) in [4.78, 5) is 27.8. The van der Waals surface area contributed by atoms with Gasteiger partial charge in [0.1, 0.15) is 17.0 Å². The highest BCUT2D eigenvalue weighted by Crippen LogP contribution is 2.31. The van der Waals surface area contributed by atoms with E-state index in [9.17, 15) is 14.9 Å². The zero-order valence-corrected chi connectivity index (χ0v) is 20.2. The first-order chi connectivity index (χ1) is 17.9. The van der Waals surface area contributed by atoms with Crippen LogP contribution in [0.4, 0.5) is 11.4 Å². The molecule has 0 aliphatic carbocycles. The third-order valence-corrected chi connectivity index (χ3v) is 5.87. The number of rotatable bonds is 7. The first-order valence-electron chi connectivity index (χ1n) is 11.7. The van der Waals surface area contributed by atoms with Gasteiger partial charge in [-0.3, -0.25) is 14.9 Å². The van der Waals surface area contributed by atoms with Crippen molar-refractivity contribution in [3.05, 3.63) is 106 Å². The highest BCUT2D eigenvalue weighted by atomic mass is 16.6. The zero-order chi connectivity index (χ0) is 25.9. The normalized spacial score (nSPS) is 11.4. The Balaban J connectivity index is 1.25. The van der Waals surface area contributed by atoms with Crippen molar-refractivity contribution in [1.82, 2.24) is 4.98 Å². The summed E-state index contributed by atoms with van der Waals surface area (Å²) in [5, 5.41) is 14.0. The Morgan fingerprint density at radius 1 is 1.00 bits per heavy atom. The predicted octanol–water partition coefficient (Wildman–Crippen LogP) is 7.44. The maximum Gasteiger partial charge on any atom is 0.280 e. The van der Waals surface area contributed by atoms with Crippen molar-refractivity contribution in [1.29, 1.82) is 0 Å². The lowest BCUT2D eigenvalue weighted by atomic mass is 10.0. The first-order valence-corrected chi connectivity index (χ1v) is 11.7. The second-order valence-corrected chi connectivity index (χ2v) is 8.78. The van der Waals surface area contributed by atoms with Gasteiger partial charge in [-0.2, -0.15) is 0 Å². The molecule has 0 saturated heterocycles. The Morgan fingerprint density at radius 2 is 1.78 bits per heavy atom. The second kappa shape index (κ2) is 9.94. The molecule has 0 atom stereocenters. The molecule has 0 radical (unpaired) electrons. The molecule has 2 heterocycles. The van der Waals surface area contributed by atoms with Gasteiger partial charge in [0.25, 0.3) is 5.69 Å². The van der Waals surface area contributed by atoms with Crippen molar-refractivity contribution >= 4 is 34.5 Å². The van der Waals surface area contributed by atoms with Crippen LogP contribution < -0.4 is 5.32 Å². The minimum Gasteiger partial charge on any atom is -0.456 e. The van der Waals surface area contributed by atoms with E-state index >= 15 is 0 Å². The molecular weight excluding hydrogens is 470 g/mol. The van der Waals surface area contributed by atoms with Gasteiger partial charge in [0.15, 0.2) is 5.58 Å². The van der Waals surface area contributed by atoms with Crippen molar-refractivity contribution in [3.8, 4) is 22.8 Å². The number of nitro groups is 1. The van der Waals surface area contributed by atoms with Crippen LogP contribution in [-0.2, 0) is 4.79 Å². The molecule has 0 saturated carbocycles. The highest BCUT2D eigenvalue weighted by molar-refractivity contribution is 6.01. The van der Waals surface area contributed by atoms with Crippen LogP contribution in [0.3, 0.4) is 0 Å². The Kier molecular flexibility index (Phi) is 6.38. The molecule has 0 spiro atoms. The van der Waals surface area contributed by atoms with Gasteiger partial charge >= 0.3 is 0 Å². The number of amides is 1. The lowest BCUT2D eigenvalue weighted by molar-refractivity contribution is -0.384. The SMILES string of the molecule is CC(C)c1ccc2oc(-c3ccc(NC(=O)/C=C/c4ccc(-c5ccccc5[N+](=O)[O-])o4)cc3)nc2c1. The van der Waals surface area contributed by atoms with Crippen LogP contribution in [0.1, 0.15) is 31.1 Å². The number of carbonyl (C=O) groups excluding carboxylic acids is 1. The van der Waals surface area contributed by atoms with Crippen LogP contribution in [0.2, 0.25) is 0 Å². The average molecular weight is 494 g/mol. The van der Waals surface area contributed by atoms with Gasteiger partial charge in [-0.1, -0.05) is 32.0 Å². The summed E-state index contributed by atoms with van der Waals surface area (Å²) in [6, 6.07) is 22.8. The summed E-state index contributed by atoms with van der Waals surface area (Å²) < 4.78 is 11.6. The number of benzene rings is 3. The Labute approximate surface area is 212 Å². The Bertz CT molecular complexity index is 1630. The number of nitrogens with zero attached hydrogens (tertiary/aromatic N) is 2. The molecule has 37 heavy (non-hydrogen) atoms. The molecule has 3 aromatic carbocycles. The quantitative estimate of drug-likeness (QED) is 0.143. The third-order valence-electron chi connectivity index (χ3n) is 5.87. The van der Waals surface area contributed by atoms with Crippen molar-refractivity contribution in [2.75, 3.05) is 5.32 Å². The van der Waals surface area contributed by atoms with Crippen LogP contribution in [-0.4, -0.2) is 15.8 Å². The number of carbonyl (C=O) groups is 1. The smallest absolute Gasteiger partial charge is 0.280 e. The lowest BCUT2D eigenvalue weighted by Crippen LogP contribution is -2.07. The number of nitrogens with one attached hydrogen (secondary N) is 1. The van der Waals surface area contributed by atoms with Gasteiger partial charge in [0, 0.05) is 23.4 Å². The number of para-hydroxylation sites is 1. The average Bonchev–Trinajstić information content (AvgIpc) is 3.54. The van der Waals surface area contributed by atoms with Crippen molar-refractivity contribution in [2.24, 2.45) is 0 Å². The number of furan rings is 1. The van der Waals surface area contributed by atoms with E-state index in [0.29, 0.717) is 34.6 Å². The topological polar surface area (TPSA) is 111 Å². The summed E-state index contributed by atoms with van der Waals surface area (Å²) in [6.07, 6.45) is 2.84. The molecule has 1 amide bonds. The summed E-state index contributed by atoms with van der Waals surface area (Å²) in [7, 11) is 0. The standard InChI is InChI=1S/C29H23N3O5/c1-18(2)20-9-14-27-24(17-20)31-29(37-27)19-7-10-21(11-8-19)30-28(33)16-13-22-12-15-26(36-22)23-5-3-4-6-25(23)32(34)35/h3-18H,1-2H3,(H,30,33)/b16-13+. The van der Waals surface area contributed by atoms with Gasteiger partial charge in [-0.25, -0.2) is 4.98 Å². The van der Waals surface area contributed by atoms with Crippen LogP contribution in [0, 0.1) is 10.1 Å². The fourth-order valence-corrected chi connectivity index (χ4v) is 3.89. The Hall–Kier alpha value is -4.98. The number of hydrogen-bond acceptors (Lipinski definition) is 6. The van der Waals surface area contributed by atoms with Gasteiger partial charge < -0.3 is 14.2 Å². The predicted molar refractivity (Wildman–Crippen MR) is 142 cm³/mol. The number of fused-ring (bicyclic) bond motifs is 1. The molecule has 8 nitrogen and oxygen atoms in total. The molecule has 0 aliphatic heterocycles. The number of hydrogen-bond donors (Lipinski definition) is 1. The summed E-state index contributed by atoms with van der Waals surface area (Å²) in [6.45, 7) is 4.27. The molecule has 184 valence electrons. The third kappa shape index (κ3) is 5.18. The lowest BCUT2D eigenvalue weighted by Gasteiger charge is -2.02. The molecule has 1 N–H and O–H groups in total. The molecule has 0 unspecified atom stereocenters. The summed E-state index contributed by atoms with van der Waals surface area (Å²) >= 11 is 0. The fraction of sp³-hybridized carbons (Fsp3) is 0.103. The summed E-state index contributed by atoms with van der Waals surface area (Å²) in [5.41, 5.74) is 4.47. The van der Waals surface area contributed by atoms with E-state index in [1.807, 2.05) is 30.3 Å². The highest BCUT2D eigenvalue weighted by Gasteiger charge is 2.17. The van der Waals surface area contributed by atoms with Crippen LogP contribution >= 0.6 is 0 Å². The van der Waals surface area contributed by atoms with Crippen molar-refractivity contribution in [2.45, 2.75) is 19.8 Å². The number of anilines is 1. The van der Waals surface area contributed by atoms with Gasteiger partial charge in [0.05, 0.1) is 10.5 Å². The van der Waals surface area contributed by atoms with Crippen molar-refractivity contribution < 1.29 is 18.6 Å². The van der Waals surface area contributed by atoms with Crippen LogP contribution in [0.5, 0.6) is 0 Å². The molecular formula is C29H23N3O5. The zero-order valence-electron chi connectivity index (χ0n) is 20.2. The van der Waals surface area contributed by atoms with Gasteiger partial charge in [-0.15, -0.1) is 0 Å². The maximum absolute atomic E-state index is 12.4. The monoisotopic (exact) mass is 493 g/mol. The summed E-state index contributed by atoms with van der Waals surface area (Å²) in [5.74, 6) is 1.32. The van der Waals surface area contributed by atoms with E-state index in [2.05, 4.69) is 24.1 Å². The van der Waals surface area contributed by atoms with Crippen LogP contribution in [0.25, 0.3) is 40.0 Å². The molecule has 0 fully saturated rings. The van der Waals surface area contributed by atoms with E-state index in [0.717, 1.165) is 16.7 Å². The number of oxazole rings is 1. The minimum atomic E-state index is -0.459. The van der Waals surface area contributed by atoms with E-state index in [-0.39, 0.29) is 11.6 Å². The van der Waals surface area contributed by atoms with E-state index in [1.165, 1.54) is 23.8 Å². The Morgan fingerprint density at radius 3 is 2.54 bits per heavy atom.